The molecular formula is C28H35OS+. The van der Waals surface area contributed by atoms with Crippen molar-refractivity contribution in [2.24, 2.45) is 0 Å². The van der Waals surface area contributed by atoms with Crippen molar-refractivity contribution in [2.45, 2.75) is 74.0 Å². The molecule has 0 aliphatic heterocycles. The average molecular weight is 420 g/mol. The molecule has 0 aliphatic rings. The van der Waals surface area contributed by atoms with Gasteiger partial charge in [0.1, 0.15) is 5.75 Å². The summed E-state index contributed by atoms with van der Waals surface area (Å²) in [7, 11) is -0.111. The molecule has 3 aromatic carbocycles. The molecule has 0 heterocycles. The number of ether oxygens (including phenoxy) is 1. The molecule has 3 rings (SSSR count). The molecule has 0 bridgehead atoms. The zero-order chi connectivity index (χ0) is 21.2. The Kier molecular flexibility index (Phi) is 8.89. The van der Waals surface area contributed by atoms with E-state index in [1.807, 2.05) is 0 Å². The van der Waals surface area contributed by atoms with E-state index in [1.54, 1.807) is 0 Å². The number of benzene rings is 3. The van der Waals surface area contributed by atoms with Gasteiger partial charge in [-0.2, -0.15) is 0 Å². The molecule has 3 aromatic rings. The maximum atomic E-state index is 6.22. The summed E-state index contributed by atoms with van der Waals surface area (Å²) in [6.45, 7) is 7.45. The predicted octanol–water partition coefficient (Wildman–Crippen LogP) is 8.14. The van der Waals surface area contributed by atoms with Crippen LogP contribution in [0.3, 0.4) is 0 Å². The van der Waals surface area contributed by atoms with E-state index < -0.39 is 0 Å². The molecule has 0 radical (unpaired) electrons. The summed E-state index contributed by atoms with van der Waals surface area (Å²) in [5.74, 6) is 1.07. The second-order valence-corrected chi connectivity index (χ2v) is 9.96. The van der Waals surface area contributed by atoms with Gasteiger partial charge in [0.25, 0.3) is 0 Å². The topological polar surface area (TPSA) is 9.23 Å². The van der Waals surface area contributed by atoms with Crippen LogP contribution in [0.5, 0.6) is 5.75 Å². The molecule has 0 spiro atoms. The van der Waals surface area contributed by atoms with Gasteiger partial charge in [-0.3, -0.25) is 0 Å². The number of unbranched alkanes of at least 4 members (excludes halogenated alkanes) is 5. The molecule has 0 saturated heterocycles. The number of hydrogen-bond donors (Lipinski definition) is 0. The van der Waals surface area contributed by atoms with Gasteiger partial charge in [0.05, 0.1) is 17.5 Å². The van der Waals surface area contributed by atoms with Gasteiger partial charge in [0.2, 0.25) is 0 Å². The quantitative estimate of drug-likeness (QED) is 0.225. The first-order valence-electron chi connectivity index (χ1n) is 11.3. The van der Waals surface area contributed by atoms with Gasteiger partial charge in [-0.1, -0.05) is 75.4 Å². The highest BCUT2D eigenvalue weighted by molar-refractivity contribution is 7.97. The van der Waals surface area contributed by atoms with Gasteiger partial charge in [0, 0.05) is 12.1 Å². The summed E-state index contributed by atoms with van der Waals surface area (Å²) >= 11 is 0. The third-order valence-electron chi connectivity index (χ3n) is 5.37. The van der Waals surface area contributed by atoms with Crippen molar-refractivity contribution in [1.82, 2.24) is 0 Å². The average Bonchev–Trinajstić information content (AvgIpc) is 2.76. The maximum absolute atomic E-state index is 6.22. The van der Waals surface area contributed by atoms with Crippen LogP contribution in [0.2, 0.25) is 0 Å². The fourth-order valence-electron chi connectivity index (χ4n) is 3.83. The van der Waals surface area contributed by atoms with Gasteiger partial charge < -0.3 is 4.74 Å². The van der Waals surface area contributed by atoms with E-state index in [0.717, 1.165) is 18.8 Å². The molecule has 1 nitrogen and oxygen atoms in total. The summed E-state index contributed by atoms with van der Waals surface area (Å²) in [6, 6.07) is 26.3. The summed E-state index contributed by atoms with van der Waals surface area (Å²) in [5.41, 5.74) is 2.47. The molecule has 0 aliphatic carbocycles. The lowest BCUT2D eigenvalue weighted by Crippen LogP contribution is -2.07. The highest BCUT2D eigenvalue weighted by Crippen LogP contribution is 2.35. The van der Waals surface area contributed by atoms with Gasteiger partial charge >= 0.3 is 0 Å². The molecule has 158 valence electrons. The largest absolute Gasteiger partial charge is 0.493 e. The smallest absolute Gasteiger partial charge is 0.167 e. The zero-order valence-corrected chi connectivity index (χ0v) is 19.5. The van der Waals surface area contributed by atoms with E-state index in [9.17, 15) is 0 Å². The number of rotatable bonds is 11. The fraction of sp³-hybridized carbons (Fsp3) is 0.357. The SMILES string of the molecule is CCCCCCCCOc1c(C)cc([S+](c2ccccc2)c2ccccc2)cc1C. The van der Waals surface area contributed by atoms with Crippen LogP contribution in [-0.4, -0.2) is 6.61 Å². The minimum atomic E-state index is -0.111. The summed E-state index contributed by atoms with van der Waals surface area (Å²) in [6.07, 6.45) is 7.74. The van der Waals surface area contributed by atoms with Crippen LogP contribution in [0.15, 0.2) is 87.5 Å². The third-order valence-corrected chi connectivity index (χ3v) is 7.57. The Morgan fingerprint density at radius 3 is 1.67 bits per heavy atom. The van der Waals surface area contributed by atoms with E-state index in [-0.39, 0.29) is 10.9 Å². The van der Waals surface area contributed by atoms with Gasteiger partial charge in [0.15, 0.2) is 14.7 Å². The minimum absolute atomic E-state index is 0.111. The monoisotopic (exact) mass is 419 g/mol. The zero-order valence-electron chi connectivity index (χ0n) is 18.7. The Balaban J connectivity index is 1.76. The standard InChI is InChI=1S/C28H35OS/c1-4-5-6-7-8-15-20-29-28-23(2)21-27(22-24(28)3)30(25-16-11-9-12-17-25)26-18-13-10-14-19-26/h9-14,16-19,21-22H,4-8,15,20H2,1-3H3/q+1. The Labute approximate surface area is 185 Å². The first kappa shape index (κ1) is 22.5. The van der Waals surface area contributed by atoms with Crippen molar-refractivity contribution >= 4 is 10.9 Å². The Morgan fingerprint density at radius 2 is 1.13 bits per heavy atom. The first-order chi connectivity index (χ1) is 14.7. The molecule has 0 aromatic heterocycles. The molecule has 0 amide bonds. The van der Waals surface area contributed by atoms with Gasteiger partial charge in [-0.25, -0.2) is 0 Å². The lowest BCUT2D eigenvalue weighted by atomic mass is 10.1. The van der Waals surface area contributed by atoms with Crippen molar-refractivity contribution in [3.63, 3.8) is 0 Å². The Morgan fingerprint density at radius 1 is 0.633 bits per heavy atom. The van der Waals surface area contributed by atoms with Crippen molar-refractivity contribution in [3.8, 4) is 5.75 Å². The second-order valence-electron chi connectivity index (χ2n) is 7.93. The van der Waals surface area contributed by atoms with E-state index in [2.05, 4.69) is 93.6 Å². The van der Waals surface area contributed by atoms with Crippen LogP contribution in [0.4, 0.5) is 0 Å². The highest BCUT2D eigenvalue weighted by atomic mass is 32.2. The summed E-state index contributed by atoms with van der Waals surface area (Å²) in [4.78, 5) is 4.06. The number of aryl methyl sites for hydroxylation is 2. The normalized spacial score (nSPS) is 11.1. The van der Waals surface area contributed by atoms with Crippen LogP contribution in [-0.2, 0) is 10.9 Å². The van der Waals surface area contributed by atoms with Crippen molar-refractivity contribution in [3.05, 3.63) is 83.9 Å². The molecule has 30 heavy (non-hydrogen) atoms. The number of hydrogen-bond acceptors (Lipinski definition) is 1. The summed E-state index contributed by atoms with van der Waals surface area (Å²) in [5, 5.41) is 0. The summed E-state index contributed by atoms with van der Waals surface area (Å²) < 4.78 is 6.22. The van der Waals surface area contributed by atoms with Gasteiger partial charge in [-0.15, -0.1) is 0 Å². The molecule has 0 atom stereocenters. The van der Waals surface area contributed by atoms with E-state index in [0.29, 0.717) is 0 Å². The molecule has 0 saturated carbocycles. The Hall–Kier alpha value is -2.19. The van der Waals surface area contributed by atoms with Crippen molar-refractivity contribution < 1.29 is 4.74 Å². The van der Waals surface area contributed by atoms with Crippen molar-refractivity contribution in [2.75, 3.05) is 6.61 Å². The second kappa shape index (κ2) is 11.9. The van der Waals surface area contributed by atoms with E-state index in [1.165, 1.54) is 57.9 Å². The Bertz CT molecular complexity index is 827. The minimum Gasteiger partial charge on any atom is -0.493 e. The van der Waals surface area contributed by atoms with Crippen LogP contribution >= 0.6 is 0 Å². The maximum Gasteiger partial charge on any atom is 0.167 e. The fourth-order valence-corrected chi connectivity index (χ4v) is 6.10. The van der Waals surface area contributed by atoms with Crippen LogP contribution in [0, 0.1) is 13.8 Å². The third kappa shape index (κ3) is 6.15. The van der Waals surface area contributed by atoms with Crippen molar-refractivity contribution in [1.29, 1.82) is 0 Å². The molecule has 0 fully saturated rings. The molecule has 2 heteroatoms. The predicted molar refractivity (Wildman–Crippen MR) is 130 cm³/mol. The highest BCUT2D eigenvalue weighted by Gasteiger charge is 2.29. The van der Waals surface area contributed by atoms with Crippen LogP contribution < -0.4 is 4.74 Å². The van der Waals surface area contributed by atoms with E-state index >= 15 is 0 Å². The first-order valence-corrected chi connectivity index (χ1v) is 12.5. The van der Waals surface area contributed by atoms with Gasteiger partial charge in [-0.05, 0) is 55.7 Å². The van der Waals surface area contributed by atoms with E-state index in [4.69, 9.17) is 4.74 Å². The van der Waals surface area contributed by atoms with Crippen LogP contribution in [0.25, 0.3) is 0 Å². The lowest BCUT2D eigenvalue weighted by Gasteiger charge is -2.15. The molecular weight excluding hydrogens is 384 g/mol. The molecule has 0 N–H and O–H groups in total. The van der Waals surface area contributed by atoms with Crippen LogP contribution in [0.1, 0.15) is 56.6 Å². The lowest BCUT2D eigenvalue weighted by molar-refractivity contribution is 0.300. The molecule has 0 unspecified atom stereocenters.